The summed E-state index contributed by atoms with van der Waals surface area (Å²) in [7, 11) is 0. The van der Waals surface area contributed by atoms with Gasteiger partial charge in [0.1, 0.15) is 19.1 Å². The summed E-state index contributed by atoms with van der Waals surface area (Å²) >= 11 is 0. The third-order valence-corrected chi connectivity index (χ3v) is 3.06. The van der Waals surface area contributed by atoms with Gasteiger partial charge in [-0.25, -0.2) is 0 Å². The van der Waals surface area contributed by atoms with Crippen LogP contribution >= 0.6 is 0 Å². The molecule has 1 saturated heterocycles. The zero-order valence-corrected chi connectivity index (χ0v) is 11.2. The van der Waals surface area contributed by atoms with Gasteiger partial charge < -0.3 is 14.9 Å². The Morgan fingerprint density at radius 3 is 2.28 bits per heavy atom. The minimum atomic E-state index is -1.10. The molecule has 0 aromatic heterocycles. The molecule has 0 aromatic rings. The van der Waals surface area contributed by atoms with E-state index in [4.69, 9.17) is 5.11 Å². The number of carbonyl (C=O) groups is 3. The van der Waals surface area contributed by atoms with E-state index >= 15 is 0 Å². The maximum absolute atomic E-state index is 12.3. The highest BCUT2D eigenvalue weighted by Gasteiger charge is 2.42. The van der Waals surface area contributed by atoms with Crippen molar-refractivity contribution in [3.05, 3.63) is 0 Å². The average Bonchev–Trinajstić information content (AvgIpc) is 2.21. The Labute approximate surface area is 107 Å². The molecule has 0 unspecified atom stereocenters. The third kappa shape index (κ3) is 2.80. The van der Waals surface area contributed by atoms with Crippen LogP contribution in [0.5, 0.6) is 0 Å². The van der Waals surface area contributed by atoms with Crippen molar-refractivity contribution in [2.75, 3.05) is 13.1 Å². The van der Waals surface area contributed by atoms with Crippen molar-refractivity contribution in [3.8, 4) is 0 Å². The van der Waals surface area contributed by atoms with Crippen LogP contribution in [-0.2, 0) is 14.4 Å². The van der Waals surface area contributed by atoms with E-state index in [0.717, 1.165) is 0 Å². The molecule has 0 aliphatic carbocycles. The van der Waals surface area contributed by atoms with Crippen LogP contribution in [0.1, 0.15) is 27.7 Å². The van der Waals surface area contributed by atoms with Gasteiger partial charge in [0.25, 0.3) is 0 Å². The SMILES string of the molecule is CC(C)[C@H]1C(=O)N(C(C)C)CC(=O)N1CC(=O)O. The summed E-state index contributed by atoms with van der Waals surface area (Å²) in [5, 5.41) is 8.83. The van der Waals surface area contributed by atoms with Gasteiger partial charge in [0.05, 0.1) is 0 Å². The van der Waals surface area contributed by atoms with Crippen molar-refractivity contribution < 1.29 is 19.5 Å². The summed E-state index contributed by atoms with van der Waals surface area (Å²) in [5.41, 5.74) is 0. The molecule has 1 heterocycles. The molecular weight excluding hydrogens is 236 g/mol. The van der Waals surface area contributed by atoms with E-state index in [9.17, 15) is 14.4 Å². The van der Waals surface area contributed by atoms with Crippen molar-refractivity contribution in [1.82, 2.24) is 9.80 Å². The van der Waals surface area contributed by atoms with Gasteiger partial charge >= 0.3 is 5.97 Å². The van der Waals surface area contributed by atoms with Crippen LogP contribution < -0.4 is 0 Å². The topological polar surface area (TPSA) is 77.9 Å². The molecule has 6 heteroatoms. The second-order valence-electron chi connectivity index (χ2n) is 5.16. The summed E-state index contributed by atoms with van der Waals surface area (Å²) in [6, 6.07) is -0.737. The number of hydrogen-bond acceptors (Lipinski definition) is 3. The minimum Gasteiger partial charge on any atom is -0.480 e. The van der Waals surface area contributed by atoms with Crippen LogP contribution in [0.25, 0.3) is 0 Å². The summed E-state index contributed by atoms with van der Waals surface area (Å²) < 4.78 is 0. The molecule has 18 heavy (non-hydrogen) atoms. The van der Waals surface area contributed by atoms with Crippen molar-refractivity contribution in [1.29, 1.82) is 0 Å². The van der Waals surface area contributed by atoms with Gasteiger partial charge in [-0.3, -0.25) is 14.4 Å². The van der Waals surface area contributed by atoms with Crippen molar-refractivity contribution >= 4 is 17.8 Å². The zero-order valence-electron chi connectivity index (χ0n) is 11.2. The van der Waals surface area contributed by atoms with Crippen molar-refractivity contribution in [3.63, 3.8) is 0 Å². The third-order valence-electron chi connectivity index (χ3n) is 3.06. The molecule has 102 valence electrons. The summed E-state index contributed by atoms with van der Waals surface area (Å²) in [5.74, 6) is -1.67. The van der Waals surface area contributed by atoms with E-state index in [0.29, 0.717) is 0 Å². The fraction of sp³-hybridized carbons (Fsp3) is 0.750. The van der Waals surface area contributed by atoms with Gasteiger partial charge in [0, 0.05) is 6.04 Å². The monoisotopic (exact) mass is 256 g/mol. The van der Waals surface area contributed by atoms with Gasteiger partial charge in [-0.05, 0) is 19.8 Å². The molecule has 0 bridgehead atoms. The number of carbonyl (C=O) groups excluding carboxylic acids is 2. The maximum Gasteiger partial charge on any atom is 0.323 e. The van der Waals surface area contributed by atoms with Crippen LogP contribution in [0.2, 0.25) is 0 Å². The van der Waals surface area contributed by atoms with E-state index in [-0.39, 0.29) is 30.3 Å². The maximum atomic E-state index is 12.3. The van der Waals surface area contributed by atoms with Crippen LogP contribution in [0.15, 0.2) is 0 Å². The molecule has 0 radical (unpaired) electrons. The van der Waals surface area contributed by atoms with E-state index in [1.807, 2.05) is 27.7 Å². The second kappa shape index (κ2) is 5.37. The van der Waals surface area contributed by atoms with Gasteiger partial charge in [-0.15, -0.1) is 0 Å². The molecule has 1 aliphatic rings. The predicted octanol–water partition coefficient (Wildman–Crippen LogP) is 0.175. The highest BCUT2D eigenvalue weighted by Crippen LogP contribution is 2.20. The fourth-order valence-electron chi connectivity index (χ4n) is 2.19. The summed E-state index contributed by atoms with van der Waals surface area (Å²) in [4.78, 5) is 37.7. The van der Waals surface area contributed by atoms with E-state index in [1.54, 1.807) is 0 Å². The van der Waals surface area contributed by atoms with Crippen LogP contribution in [0.4, 0.5) is 0 Å². The first-order valence-electron chi connectivity index (χ1n) is 6.07. The lowest BCUT2D eigenvalue weighted by Gasteiger charge is -2.42. The number of piperazine rings is 1. The normalized spacial score (nSPS) is 21.1. The molecule has 1 fully saturated rings. The molecule has 1 rings (SSSR count). The lowest BCUT2D eigenvalue weighted by molar-refractivity contribution is -0.162. The van der Waals surface area contributed by atoms with E-state index < -0.39 is 18.6 Å². The highest BCUT2D eigenvalue weighted by atomic mass is 16.4. The Hall–Kier alpha value is -1.59. The molecule has 2 amide bonds. The lowest BCUT2D eigenvalue weighted by atomic mass is 9.97. The largest absolute Gasteiger partial charge is 0.480 e. The molecule has 1 atom stereocenters. The molecule has 0 aromatic carbocycles. The number of hydrogen-bond donors (Lipinski definition) is 1. The van der Waals surface area contributed by atoms with Gasteiger partial charge in [-0.1, -0.05) is 13.8 Å². The number of nitrogens with zero attached hydrogens (tertiary/aromatic N) is 2. The Kier molecular flexibility index (Phi) is 4.32. The first-order valence-corrected chi connectivity index (χ1v) is 6.07. The Morgan fingerprint density at radius 1 is 1.33 bits per heavy atom. The average molecular weight is 256 g/mol. The number of carboxylic acid groups (broad SMARTS) is 1. The van der Waals surface area contributed by atoms with Crippen LogP contribution in [0.3, 0.4) is 0 Å². The molecule has 1 N–H and O–H groups in total. The Balaban J connectivity index is 3.03. The number of aliphatic carboxylic acids is 1. The molecule has 0 spiro atoms. The van der Waals surface area contributed by atoms with Crippen LogP contribution in [-0.4, -0.2) is 57.9 Å². The number of carboxylic acids is 1. The standard InChI is InChI=1S/C12H20N2O4/c1-7(2)11-12(18)13(8(3)4)5-9(15)14(11)6-10(16)17/h7-8,11H,5-6H2,1-4H3,(H,16,17)/t11-/m0/s1. The number of rotatable bonds is 4. The Morgan fingerprint density at radius 2 is 1.89 bits per heavy atom. The number of amides is 2. The minimum absolute atomic E-state index is 0.0347. The first-order chi connectivity index (χ1) is 8.25. The second-order valence-corrected chi connectivity index (χ2v) is 5.16. The lowest BCUT2D eigenvalue weighted by Crippen LogP contribution is -2.63. The molecular formula is C12H20N2O4. The molecule has 0 saturated carbocycles. The summed E-state index contributed by atoms with van der Waals surface area (Å²) in [6.07, 6.45) is 0. The smallest absolute Gasteiger partial charge is 0.323 e. The highest BCUT2D eigenvalue weighted by molar-refractivity contribution is 5.96. The Bertz CT molecular complexity index is 365. The van der Waals surface area contributed by atoms with Crippen molar-refractivity contribution in [2.45, 2.75) is 39.8 Å². The molecule has 6 nitrogen and oxygen atoms in total. The quantitative estimate of drug-likeness (QED) is 0.778. The molecule has 1 aliphatic heterocycles. The van der Waals surface area contributed by atoms with Gasteiger partial charge in [0.15, 0.2) is 0 Å². The zero-order chi connectivity index (χ0) is 14.0. The fourth-order valence-corrected chi connectivity index (χ4v) is 2.19. The van der Waals surface area contributed by atoms with Gasteiger partial charge in [0.2, 0.25) is 11.8 Å². The first kappa shape index (κ1) is 14.5. The predicted molar refractivity (Wildman–Crippen MR) is 64.8 cm³/mol. The van der Waals surface area contributed by atoms with E-state index in [2.05, 4.69) is 0 Å². The summed E-state index contributed by atoms with van der Waals surface area (Å²) in [6.45, 7) is 6.86. The van der Waals surface area contributed by atoms with Crippen molar-refractivity contribution in [2.24, 2.45) is 5.92 Å². The van der Waals surface area contributed by atoms with Crippen LogP contribution in [0, 0.1) is 5.92 Å². The van der Waals surface area contributed by atoms with E-state index in [1.165, 1.54) is 9.80 Å². The van der Waals surface area contributed by atoms with Gasteiger partial charge in [-0.2, -0.15) is 0 Å².